The Morgan fingerprint density at radius 2 is 1.70 bits per heavy atom. The van der Waals surface area contributed by atoms with Gasteiger partial charge < -0.3 is 4.90 Å². The van der Waals surface area contributed by atoms with Crippen molar-refractivity contribution in [1.29, 1.82) is 0 Å². The maximum Gasteiger partial charge on any atom is 0.270 e. The first-order chi connectivity index (χ1) is 13.0. The van der Waals surface area contributed by atoms with Gasteiger partial charge >= 0.3 is 0 Å². The molecule has 0 amide bonds. The fourth-order valence-corrected chi connectivity index (χ4v) is 4.75. The Labute approximate surface area is 161 Å². The van der Waals surface area contributed by atoms with E-state index >= 15 is 0 Å². The van der Waals surface area contributed by atoms with Gasteiger partial charge in [0.05, 0.1) is 0 Å². The molecule has 1 saturated carbocycles. The molecule has 2 aromatic rings. The summed E-state index contributed by atoms with van der Waals surface area (Å²) in [5.41, 5.74) is 4.71. The van der Waals surface area contributed by atoms with E-state index in [1.54, 1.807) is 12.1 Å². The van der Waals surface area contributed by atoms with Crippen molar-refractivity contribution in [3.8, 4) is 0 Å². The summed E-state index contributed by atoms with van der Waals surface area (Å²) < 4.78 is 27.8. The summed E-state index contributed by atoms with van der Waals surface area (Å²) in [6, 6.07) is 13.6. The second kappa shape index (κ2) is 7.61. The Morgan fingerprint density at radius 3 is 2.48 bits per heavy atom. The zero-order valence-electron chi connectivity index (χ0n) is 16.2. The maximum absolute atomic E-state index is 13.9. The molecule has 0 aromatic heterocycles. The third-order valence-electron chi connectivity index (χ3n) is 6.27. The summed E-state index contributed by atoms with van der Waals surface area (Å²) in [5.74, 6) is -1.95. The normalized spacial score (nSPS) is 17.5. The highest BCUT2D eigenvalue weighted by atomic mass is 19.3. The molecule has 1 aliphatic carbocycles. The van der Waals surface area contributed by atoms with E-state index in [-0.39, 0.29) is 5.56 Å². The van der Waals surface area contributed by atoms with Gasteiger partial charge in [-0.05, 0) is 42.0 Å². The molecule has 0 spiro atoms. The van der Waals surface area contributed by atoms with Crippen LogP contribution in [0, 0.1) is 5.92 Å². The van der Waals surface area contributed by atoms with Crippen molar-refractivity contribution in [3.05, 3.63) is 59.2 Å². The van der Waals surface area contributed by atoms with Crippen LogP contribution in [-0.4, -0.2) is 6.54 Å². The van der Waals surface area contributed by atoms with E-state index in [1.807, 2.05) is 6.07 Å². The molecule has 4 rings (SSSR count). The van der Waals surface area contributed by atoms with Crippen LogP contribution in [0.4, 0.5) is 20.2 Å². The molecule has 1 heterocycles. The van der Waals surface area contributed by atoms with Crippen LogP contribution in [0.1, 0.15) is 68.6 Å². The lowest BCUT2D eigenvalue weighted by Gasteiger charge is -2.34. The minimum absolute atomic E-state index is 0.109. The summed E-state index contributed by atoms with van der Waals surface area (Å²) in [7, 11) is 0. The molecule has 0 bridgehead atoms. The molecule has 0 N–H and O–H groups in total. The number of alkyl halides is 2. The number of hydrogen-bond donors (Lipinski definition) is 0. The number of hydrogen-bond acceptors (Lipinski definition) is 1. The largest absolute Gasteiger partial charge is 0.341 e. The van der Waals surface area contributed by atoms with E-state index in [0.29, 0.717) is 0 Å². The topological polar surface area (TPSA) is 3.24 Å². The monoisotopic (exact) mass is 369 g/mol. The summed E-state index contributed by atoms with van der Waals surface area (Å²) >= 11 is 0. The minimum Gasteiger partial charge on any atom is -0.341 e. The van der Waals surface area contributed by atoms with Gasteiger partial charge in [0.25, 0.3) is 5.92 Å². The van der Waals surface area contributed by atoms with Crippen molar-refractivity contribution >= 4 is 11.4 Å². The average molecular weight is 369 g/mol. The summed E-state index contributed by atoms with van der Waals surface area (Å²) in [6.07, 6.45) is 10.0. The first-order valence-corrected chi connectivity index (χ1v) is 10.4. The predicted octanol–water partition coefficient (Wildman–Crippen LogP) is 7.20. The minimum atomic E-state index is -2.81. The van der Waals surface area contributed by atoms with Gasteiger partial charge in [-0.1, -0.05) is 62.4 Å². The van der Waals surface area contributed by atoms with Crippen molar-refractivity contribution in [3.63, 3.8) is 0 Å². The Balaban J connectivity index is 1.59. The van der Waals surface area contributed by atoms with E-state index in [0.717, 1.165) is 43.5 Å². The summed E-state index contributed by atoms with van der Waals surface area (Å²) in [5, 5.41) is 0. The standard InChI is InChI=1S/C24H29F2N/c1-24(25,26)21-14-13-20-16-19-11-5-6-12-22(19)27(23(20)17-21)15-7-10-18-8-3-2-4-9-18/h5-6,11-14,17-18H,2-4,7-10,15-16H2,1H3. The molecular formula is C24H29F2N. The van der Waals surface area contributed by atoms with Crippen molar-refractivity contribution in [2.75, 3.05) is 11.4 Å². The molecule has 2 aromatic carbocycles. The molecule has 0 saturated heterocycles. The van der Waals surface area contributed by atoms with Crippen LogP contribution in [0.5, 0.6) is 0 Å². The quantitative estimate of drug-likeness (QED) is 0.538. The number of fused-ring (bicyclic) bond motifs is 2. The number of anilines is 2. The summed E-state index contributed by atoms with van der Waals surface area (Å²) in [4.78, 5) is 2.28. The highest BCUT2D eigenvalue weighted by Crippen LogP contribution is 2.41. The number of para-hydroxylation sites is 1. The van der Waals surface area contributed by atoms with Crippen molar-refractivity contribution in [2.45, 2.75) is 64.2 Å². The van der Waals surface area contributed by atoms with Gasteiger partial charge in [-0.25, -0.2) is 8.78 Å². The molecular weight excluding hydrogens is 340 g/mol. The Hall–Kier alpha value is -1.90. The van der Waals surface area contributed by atoms with Crippen LogP contribution in [0.15, 0.2) is 42.5 Å². The Kier molecular flexibility index (Phi) is 5.21. The molecule has 1 aliphatic heterocycles. The van der Waals surface area contributed by atoms with E-state index in [9.17, 15) is 8.78 Å². The van der Waals surface area contributed by atoms with Crippen molar-refractivity contribution in [2.24, 2.45) is 5.92 Å². The van der Waals surface area contributed by atoms with Gasteiger partial charge in [0.1, 0.15) is 0 Å². The third kappa shape index (κ3) is 4.02. The predicted molar refractivity (Wildman–Crippen MR) is 108 cm³/mol. The number of benzene rings is 2. The number of nitrogens with zero attached hydrogens (tertiary/aromatic N) is 1. The molecule has 0 radical (unpaired) electrons. The van der Waals surface area contributed by atoms with Crippen LogP contribution in [-0.2, 0) is 12.3 Å². The Bertz CT molecular complexity index is 787. The van der Waals surface area contributed by atoms with Gasteiger partial charge in [0, 0.05) is 36.8 Å². The zero-order valence-corrected chi connectivity index (χ0v) is 16.2. The van der Waals surface area contributed by atoms with Gasteiger partial charge in [-0.15, -0.1) is 0 Å². The molecule has 144 valence electrons. The first-order valence-electron chi connectivity index (χ1n) is 10.4. The molecule has 27 heavy (non-hydrogen) atoms. The third-order valence-corrected chi connectivity index (χ3v) is 6.27. The fourth-order valence-electron chi connectivity index (χ4n) is 4.75. The van der Waals surface area contributed by atoms with Crippen LogP contribution < -0.4 is 4.90 Å². The average Bonchev–Trinajstić information content (AvgIpc) is 2.67. The number of rotatable bonds is 5. The van der Waals surface area contributed by atoms with E-state index in [4.69, 9.17) is 0 Å². The lowest BCUT2D eigenvalue weighted by molar-refractivity contribution is 0.0175. The Morgan fingerprint density at radius 1 is 0.963 bits per heavy atom. The van der Waals surface area contributed by atoms with Gasteiger partial charge in [0.15, 0.2) is 0 Å². The second-order valence-corrected chi connectivity index (χ2v) is 8.34. The smallest absolute Gasteiger partial charge is 0.270 e. The molecule has 2 aliphatic rings. The lowest BCUT2D eigenvalue weighted by Crippen LogP contribution is -2.26. The second-order valence-electron chi connectivity index (χ2n) is 8.34. The van der Waals surface area contributed by atoms with Crippen molar-refractivity contribution < 1.29 is 8.78 Å². The van der Waals surface area contributed by atoms with Gasteiger partial charge in [-0.3, -0.25) is 0 Å². The lowest BCUT2D eigenvalue weighted by atomic mass is 9.86. The van der Waals surface area contributed by atoms with E-state index < -0.39 is 5.92 Å². The SMILES string of the molecule is CC(F)(F)c1ccc2c(c1)N(CCCC1CCCCC1)c1ccccc1C2. The molecule has 3 heteroatoms. The summed E-state index contributed by atoms with van der Waals surface area (Å²) in [6.45, 7) is 1.89. The van der Waals surface area contributed by atoms with Crippen LogP contribution in [0.3, 0.4) is 0 Å². The van der Waals surface area contributed by atoms with Crippen LogP contribution in [0.25, 0.3) is 0 Å². The van der Waals surface area contributed by atoms with Gasteiger partial charge in [-0.2, -0.15) is 0 Å². The molecule has 1 nitrogen and oxygen atoms in total. The maximum atomic E-state index is 13.9. The van der Waals surface area contributed by atoms with Gasteiger partial charge in [0.2, 0.25) is 0 Å². The number of halogens is 2. The van der Waals surface area contributed by atoms with Crippen molar-refractivity contribution in [1.82, 2.24) is 0 Å². The molecule has 1 fully saturated rings. The van der Waals surface area contributed by atoms with Crippen LogP contribution in [0.2, 0.25) is 0 Å². The molecule has 0 unspecified atom stereocenters. The highest BCUT2D eigenvalue weighted by molar-refractivity contribution is 5.74. The van der Waals surface area contributed by atoms with E-state index in [2.05, 4.69) is 29.2 Å². The highest BCUT2D eigenvalue weighted by Gasteiger charge is 2.29. The van der Waals surface area contributed by atoms with Crippen LogP contribution >= 0.6 is 0 Å². The molecule has 0 atom stereocenters. The van der Waals surface area contributed by atoms with E-state index in [1.165, 1.54) is 49.8 Å². The zero-order chi connectivity index (χ0) is 18.9. The first kappa shape index (κ1) is 18.5. The fraction of sp³-hybridized carbons (Fsp3) is 0.500.